The largest absolute Gasteiger partial charge is 0.367 e. The van der Waals surface area contributed by atoms with Gasteiger partial charge in [0.05, 0.1) is 11.2 Å². The normalized spacial score (nSPS) is 22.6. The van der Waals surface area contributed by atoms with Crippen molar-refractivity contribution in [3.8, 4) is 0 Å². The molecule has 1 saturated heterocycles. The molecule has 0 spiro atoms. The highest BCUT2D eigenvalue weighted by Gasteiger charge is 2.43. The molecule has 0 saturated carbocycles. The molecule has 0 aliphatic carbocycles. The maximum Gasteiger partial charge on any atom is 0.246 e. The van der Waals surface area contributed by atoms with E-state index in [-0.39, 0.29) is 18.0 Å². The minimum Gasteiger partial charge on any atom is -0.367 e. The first-order valence-electron chi connectivity index (χ1n) is 6.48. The van der Waals surface area contributed by atoms with E-state index in [0.29, 0.717) is 0 Å². The fourth-order valence-electron chi connectivity index (χ4n) is 2.68. The van der Waals surface area contributed by atoms with Gasteiger partial charge in [-0.25, -0.2) is 12.8 Å². The molecule has 1 aliphatic rings. The van der Waals surface area contributed by atoms with E-state index in [1.807, 2.05) is 27.7 Å². The van der Waals surface area contributed by atoms with Gasteiger partial charge in [-0.1, -0.05) is 12.1 Å². The van der Waals surface area contributed by atoms with E-state index in [4.69, 9.17) is 4.74 Å². The summed E-state index contributed by atoms with van der Waals surface area (Å²) in [5, 5.41) is 0. The number of hydrogen-bond donors (Lipinski definition) is 0. The van der Waals surface area contributed by atoms with Gasteiger partial charge in [0.15, 0.2) is 0 Å². The fourth-order valence-corrected chi connectivity index (χ4v) is 4.49. The van der Waals surface area contributed by atoms with Gasteiger partial charge in [-0.05, 0) is 39.8 Å². The van der Waals surface area contributed by atoms with Gasteiger partial charge in [-0.2, -0.15) is 4.31 Å². The van der Waals surface area contributed by atoms with Gasteiger partial charge >= 0.3 is 0 Å². The quantitative estimate of drug-likeness (QED) is 0.842. The standard InChI is InChI=1S/C14H20FNO3S/c1-13(2)9-16(10-14(3,4)19-13)20(17,18)12-8-6-5-7-11(12)15/h5-8H,9-10H2,1-4H3. The lowest BCUT2D eigenvalue weighted by molar-refractivity contribution is -0.163. The molecule has 0 unspecified atom stereocenters. The van der Waals surface area contributed by atoms with Crippen molar-refractivity contribution in [1.29, 1.82) is 0 Å². The molecule has 0 N–H and O–H groups in total. The molecule has 0 atom stereocenters. The summed E-state index contributed by atoms with van der Waals surface area (Å²) in [7, 11) is -3.86. The van der Waals surface area contributed by atoms with E-state index >= 15 is 0 Å². The molecule has 1 aromatic carbocycles. The fraction of sp³-hybridized carbons (Fsp3) is 0.571. The van der Waals surface area contributed by atoms with E-state index in [2.05, 4.69) is 0 Å². The highest BCUT2D eigenvalue weighted by molar-refractivity contribution is 7.89. The Morgan fingerprint density at radius 2 is 1.60 bits per heavy atom. The summed E-state index contributed by atoms with van der Waals surface area (Å²) < 4.78 is 46.2. The second kappa shape index (κ2) is 4.79. The Bertz CT molecular complexity index is 595. The van der Waals surface area contributed by atoms with Crippen LogP contribution < -0.4 is 0 Å². The van der Waals surface area contributed by atoms with Gasteiger partial charge in [0.2, 0.25) is 10.0 Å². The van der Waals surface area contributed by atoms with Crippen LogP contribution in [-0.4, -0.2) is 37.0 Å². The van der Waals surface area contributed by atoms with E-state index in [1.54, 1.807) is 0 Å². The van der Waals surface area contributed by atoms with E-state index in [0.717, 1.165) is 6.07 Å². The summed E-state index contributed by atoms with van der Waals surface area (Å²) in [6.07, 6.45) is 0. The van der Waals surface area contributed by atoms with Crippen LogP contribution in [0, 0.1) is 5.82 Å². The van der Waals surface area contributed by atoms with Crippen LogP contribution in [0.25, 0.3) is 0 Å². The Hall–Kier alpha value is -0.980. The molecule has 4 nitrogen and oxygen atoms in total. The third kappa shape index (κ3) is 3.02. The first-order valence-corrected chi connectivity index (χ1v) is 7.92. The van der Waals surface area contributed by atoms with Gasteiger partial charge in [-0.15, -0.1) is 0 Å². The zero-order valence-corrected chi connectivity index (χ0v) is 13.0. The SMILES string of the molecule is CC1(C)CN(S(=O)(=O)c2ccccc2F)CC(C)(C)O1. The highest BCUT2D eigenvalue weighted by atomic mass is 32.2. The molecule has 0 radical (unpaired) electrons. The first kappa shape index (κ1) is 15.4. The molecule has 1 fully saturated rings. The van der Waals surface area contributed by atoms with Crippen molar-refractivity contribution in [2.75, 3.05) is 13.1 Å². The smallest absolute Gasteiger partial charge is 0.246 e. The highest BCUT2D eigenvalue weighted by Crippen LogP contribution is 2.32. The van der Waals surface area contributed by atoms with Crippen molar-refractivity contribution in [2.24, 2.45) is 0 Å². The number of ether oxygens (including phenoxy) is 1. The minimum absolute atomic E-state index is 0.201. The van der Waals surface area contributed by atoms with Gasteiger partial charge in [0.25, 0.3) is 0 Å². The molecule has 20 heavy (non-hydrogen) atoms. The van der Waals surface area contributed by atoms with Crippen molar-refractivity contribution in [3.63, 3.8) is 0 Å². The van der Waals surface area contributed by atoms with Crippen LogP contribution in [0.3, 0.4) is 0 Å². The van der Waals surface area contributed by atoms with Crippen LogP contribution >= 0.6 is 0 Å². The monoisotopic (exact) mass is 301 g/mol. The molecule has 0 amide bonds. The van der Waals surface area contributed by atoms with Crippen LogP contribution in [-0.2, 0) is 14.8 Å². The second-order valence-corrected chi connectivity index (χ2v) is 8.23. The van der Waals surface area contributed by atoms with E-state index in [9.17, 15) is 12.8 Å². The number of halogens is 1. The van der Waals surface area contributed by atoms with Crippen molar-refractivity contribution in [2.45, 2.75) is 43.8 Å². The third-order valence-corrected chi connectivity index (χ3v) is 4.95. The second-order valence-electron chi connectivity index (χ2n) is 6.32. The van der Waals surface area contributed by atoms with E-state index < -0.39 is 27.0 Å². The van der Waals surface area contributed by atoms with Gasteiger partial charge in [-0.3, -0.25) is 0 Å². The molecule has 1 aromatic rings. The zero-order chi connectivity index (χ0) is 15.2. The number of hydrogen-bond acceptors (Lipinski definition) is 3. The third-order valence-electron chi connectivity index (χ3n) is 3.12. The summed E-state index contributed by atoms with van der Waals surface area (Å²) in [6.45, 7) is 7.73. The van der Waals surface area contributed by atoms with Crippen molar-refractivity contribution >= 4 is 10.0 Å². The summed E-state index contributed by atoms with van der Waals surface area (Å²) in [4.78, 5) is -0.284. The van der Waals surface area contributed by atoms with Crippen molar-refractivity contribution in [3.05, 3.63) is 30.1 Å². The zero-order valence-electron chi connectivity index (χ0n) is 12.2. The first-order chi connectivity index (χ1) is 9.04. The molecule has 1 heterocycles. The molecule has 2 rings (SSSR count). The van der Waals surface area contributed by atoms with Crippen LogP contribution in [0.4, 0.5) is 4.39 Å². The predicted molar refractivity (Wildman–Crippen MR) is 74.4 cm³/mol. The maximum absolute atomic E-state index is 13.8. The summed E-state index contributed by atoms with van der Waals surface area (Å²) in [5.74, 6) is -0.727. The van der Waals surface area contributed by atoms with E-state index in [1.165, 1.54) is 22.5 Å². The predicted octanol–water partition coefficient (Wildman–Crippen LogP) is 2.40. The number of nitrogens with zero attached hydrogens (tertiary/aromatic N) is 1. The summed E-state index contributed by atoms with van der Waals surface area (Å²) >= 11 is 0. The lowest BCUT2D eigenvalue weighted by Crippen LogP contribution is -2.58. The van der Waals surface area contributed by atoms with Crippen molar-refractivity contribution in [1.82, 2.24) is 4.31 Å². The average molecular weight is 301 g/mol. The molecular formula is C14H20FNO3S. The summed E-state index contributed by atoms with van der Waals surface area (Å²) in [5.41, 5.74) is -1.22. The lowest BCUT2D eigenvalue weighted by Gasteiger charge is -2.46. The van der Waals surface area contributed by atoms with Gasteiger partial charge < -0.3 is 4.74 Å². The number of sulfonamides is 1. The minimum atomic E-state index is -3.86. The Morgan fingerprint density at radius 3 is 2.10 bits per heavy atom. The lowest BCUT2D eigenvalue weighted by atomic mass is 10.0. The van der Waals surface area contributed by atoms with Crippen molar-refractivity contribution < 1.29 is 17.5 Å². The molecule has 112 valence electrons. The van der Waals surface area contributed by atoms with Gasteiger partial charge in [0.1, 0.15) is 10.7 Å². The number of rotatable bonds is 2. The Morgan fingerprint density at radius 1 is 1.10 bits per heavy atom. The molecular weight excluding hydrogens is 281 g/mol. The number of benzene rings is 1. The maximum atomic E-state index is 13.8. The van der Waals surface area contributed by atoms with Gasteiger partial charge in [0, 0.05) is 13.1 Å². The Balaban J connectivity index is 2.42. The molecule has 0 bridgehead atoms. The van der Waals surface area contributed by atoms with Crippen LogP contribution in [0.2, 0.25) is 0 Å². The topological polar surface area (TPSA) is 46.6 Å². The van der Waals surface area contributed by atoms with Crippen LogP contribution in [0.5, 0.6) is 0 Å². The Kier molecular flexibility index (Phi) is 3.69. The molecule has 6 heteroatoms. The average Bonchev–Trinajstić information content (AvgIpc) is 2.25. The molecule has 0 aromatic heterocycles. The van der Waals surface area contributed by atoms with Crippen LogP contribution in [0.15, 0.2) is 29.2 Å². The number of morpholine rings is 1. The Labute approximate surface area is 119 Å². The molecule has 1 aliphatic heterocycles. The summed E-state index contributed by atoms with van der Waals surface area (Å²) in [6, 6.07) is 5.44. The van der Waals surface area contributed by atoms with Crippen LogP contribution in [0.1, 0.15) is 27.7 Å².